The molecule has 0 bridgehead atoms. The number of carbonyl (C=O) groups excluding carboxylic acids is 1. The second-order valence-corrected chi connectivity index (χ2v) is 5.00. The molecule has 1 aromatic carbocycles. The Labute approximate surface area is 93.5 Å². The molecule has 0 saturated heterocycles. The van der Waals surface area contributed by atoms with E-state index in [4.69, 9.17) is 0 Å². The van der Waals surface area contributed by atoms with Crippen LogP contribution >= 0.6 is 0 Å². The zero-order valence-electron chi connectivity index (χ0n) is 10.4. The van der Waals surface area contributed by atoms with Crippen molar-refractivity contribution in [2.75, 3.05) is 0 Å². The van der Waals surface area contributed by atoms with Crippen molar-refractivity contribution < 1.29 is 4.79 Å². The van der Waals surface area contributed by atoms with Crippen LogP contribution in [0.25, 0.3) is 0 Å². The van der Waals surface area contributed by atoms with Gasteiger partial charge in [0.15, 0.2) is 0 Å². The smallest absolute Gasteiger partial charge is 0.122 e. The first-order chi connectivity index (χ1) is 6.88. The standard InChI is InChI=1S/C10H14.C4H8O/c1-10(2,3)9-7-5-4-6-8-9;1-4(2)3-5/h4-8H,1-3H3;3-4H,1-2H3. The highest BCUT2D eigenvalue weighted by atomic mass is 16.1. The minimum absolute atomic E-state index is 0.204. The highest BCUT2D eigenvalue weighted by Gasteiger charge is 2.11. The molecule has 0 radical (unpaired) electrons. The fraction of sp³-hybridized carbons (Fsp3) is 0.500. The van der Waals surface area contributed by atoms with Crippen LogP contribution in [0, 0.1) is 5.92 Å². The summed E-state index contributed by atoms with van der Waals surface area (Å²) in [6.45, 7) is 10.4. The van der Waals surface area contributed by atoms with Gasteiger partial charge in [-0.3, -0.25) is 0 Å². The molecule has 0 aliphatic rings. The minimum atomic E-state index is 0.204. The SMILES string of the molecule is CC(C)(C)c1ccccc1.CC(C)C=O. The lowest BCUT2D eigenvalue weighted by Crippen LogP contribution is -2.10. The van der Waals surface area contributed by atoms with Gasteiger partial charge >= 0.3 is 0 Å². The van der Waals surface area contributed by atoms with Crippen LogP contribution in [0.2, 0.25) is 0 Å². The van der Waals surface area contributed by atoms with Crippen LogP contribution in [0.5, 0.6) is 0 Å². The Balaban J connectivity index is 0.000000336. The molecule has 1 heteroatoms. The summed E-state index contributed by atoms with van der Waals surface area (Å²) in [6.07, 6.45) is 0.917. The van der Waals surface area contributed by atoms with Gasteiger partial charge in [0.1, 0.15) is 6.29 Å². The van der Waals surface area contributed by atoms with Crippen molar-refractivity contribution in [3.05, 3.63) is 35.9 Å². The maximum Gasteiger partial charge on any atom is 0.122 e. The zero-order valence-corrected chi connectivity index (χ0v) is 10.4. The maximum atomic E-state index is 9.50. The first kappa shape index (κ1) is 13.9. The molecule has 0 saturated carbocycles. The molecule has 0 aliphatic carbocycles. The average molecular weight is 206 g/mol. The third kappa shape index (κ3) is 6.89. The number of rotatable bonds is 1. The summed E-state index contributed by atoms with van der Waals surface area (Å²) < 4.78 is 0. The molecular formula is C14H22O. The fourth-order valence-electron chi connectivity index (χ4n) is 0.938. The number of hydrogen-bond donors (Lipinski definition) is 0. The molecule has 0 heterocycles. The van der Waals surface area contributed by atoms with Gasteiger partial charge in [0.05, 0.1) is 0 Å². The van der Waals surface area contributed by atoms with Crippen LogP contribution in [0.4, 0.5) is 0 Å². The van der Waals surface area contributed by atoms with Crippen LogP contribution in [-0.4, -0.2) is 6.29 Å². The van der Waals surface area contributed by atoms with Gasteiger partial charge in [-0.2, -0.15) is 0 Å². The second kappa shape index (κ2) is 6.39. The van der Waals surface area contributed by atoms with Crippen molar-refractivity contribution in [2.45, 2.75) is 40.0 Å². The number of hydrogen-bond acceptors (Lipinski definition) is 1. The lowest BCUT2D eigenvalue weighted by atomic mass is 9.87. The van der Waals surface area contributed by atoms with Gasteiger partial charge < -0.3 is 4.79 Å². The summed E-state index contributed by atoms with van der Waals surface area (Å²) in [7, 11) is 0. The van der Waals surface area contributed by atoms with Crippen LogP contribution in [0.3, 0.4) is 0 Å². The third-order valence-electron chi connectivity index (χ3n) is 1.91. The molecule has 0 aromatic heterocycles. The van der Waals surface area contributed by atoms with E-state index < -0.39 is 0 Å². The van der Waals surface area contributed by atoms with Crippen LogP contribution in [0.1, 0.15) is 40.2 Å². The van der Waals surface area contributed by atoms with Crippen molar-refractivity contribution in [1.29, 1.82) is 0 Å². The van der Waals surface area contributed by atoms with E-state index in [0.717, 1.165) is 6.29 Å². The number of aldehydes is 1. The molecule has 0 amide bonds. The van der Waals surface area contributed by atoms with Gasteiger partial charge in [-0.05, 0) is 11.0 Å². The lowest BCUT2D eigenvalue weighted by molar-refractivity contribution is -0.110. The Kier molecular flexibility index (Phi) is 5.92. The predicted octanol–water partition coefficient (Wildman–Crippen LogP) is 3.83. The molecule has 0 unspecified atom stereocenters. The van der Waals surface area contributed by atoms with Crippen molar-refractivity contribution in [2.24, 2.45) is 5.92 Å². The highest BCUT2D eigenvalue weighted by molar-refractivity contribution is 5.51. The predicted molar refractivity (Wildman–Crippen MR) is 66.0 cm³/mol. The van der Waals surface area contributed by atoms with Crippen molar-refractivity contribution in [3.63, 3.8) is 0 Å². The van der Waals surface area contributed by atoms with Gasteiger partial charge in [-0.15, -0.1) is 0 Å². The fourth-order valence-corrected chi connectivity index (χ4v) is 0.938. The molecule has 0 N–H and O–H groups in total. The average Bonchev–Trinajstić information content (AvgIpc) is 2.19. The topological polar surface area (TPSA) is 17.1 Å². The van der Waals surface area contributed by atoms with E-state index in [1.807, 2.05) is 13.8 Å². The number of benzene rings is 1. The third-order valence-corrected chi connectivity index (χ3v) is 1.91. The quantitative estimate of drug-likeness (QED) is 0.638. The first-order valence-corrected chi connectivity index (χ1v) is 5.38. The van der Waals surface area contributed by atoms with Crippen LogP contribution in [-0.2, 0) is 10.2 Å². The Morgan fingerprint density at radius 1 is 1.07 bits per heavy atom. The molecule has 0 aliphatic heterocycles. The van der Waals surface area contributed by atoms with Crippen molar-refractivity contribution in [3.8, 4) is 0 Å². The summed E-state index contributed by atoms with van der Waals surface area (Å²) in [5, 5.41) is 0. The largest absolute Gasteiger partial charge is 0.303 e. The Morgan fingerprint density at radius 3 is 1.67 bits per heavy atom. The van der Waals surface area contributed by atoms with E-state index in [1.165, 1.54) is 5.56 Å². The van der Waals surface area contributed by atoms with Gasteiger partial charge in [-0.25, -0.2) is 0 Å². The Hall–Kier alpha value is -1.11. The van der Waals surface area contributed by atoms with Crippen LogP contribution in [0.15, 0.2) is 30.3 Å². The Morgan fingerprint density at radius 2 is 1.47 bits per heavy atom. The van der Waals surface area contributed by atoms with Gasteiger partial charge in [0, 0.05) is 5.92 Å². The molecular weight excluding hydrogens is 184 g/mol. The van der Waals surface area contributed by atoms with Crippen molar-refractivity contribution in [1.82, 2.24) is 0 Å². The molecule has 1 nitrogen and oxygen atoms in total. The van der Waals surface area contributed by atoms with Gasteiger partial charge in [-0.1, -0.05) is 65.0 Å². The van der Waals surface area contributed by atoms with E-state index in [0.29, 0.717) is 5.41 Å². The van der Waals surface area contributed by atoms with E-state index in [2.05, 4.69) is 51.1 Å². The molecule has 0 fully saturated rings. The van der Waals surface area contributed by atoms with Crippen molar-refractivity contribution >= 4 is 6.29 Å². The van der Waals surface area contributed by atoms with Gasteiger partial charge in [0.25, 0.3) is 0 Å². The summed E-state index contributed by atoms with van der Waals surface area (Å²) in [5.41, 5.74) is 1.69. The molecule has 0 spiro atoms. The highest BCUT2D eigenvalue weighted by Crippen LogP contribution is 2.20. The van der Waals surface area contributed by atoms with E-state index in [-0.39, 0.29) is 5.92 Å². The molecule has 0 atom stereocenters. The van der Waals surface area contributed by atoms with E-state index in [1.54, 1.807) is 0 Å². The minimum Gasteiger partial charge on any atom is -0.303 e. The summed E-state index contributed by atoms with van der Waals surface area (Å²) in [4.78, 5) is 9.50. The summed E-state index contributed by atoms with van der Waals surface area (Å²) in [6, 6.07) is 10.6. The summed E-state index contributed by atoms with van der Waals surface area (Å²) >= 11 is 0. The number of carbonyl (C=O) groups is 1. The zero-order chi connectivity index (χ0) is 11.9. The van der Waals surface area contributed by atoms with Crippen LogP contribution < -0.4 is 0 Å². The molecule has 84 valence electrons. The first-order valence-electron chi connectivity index (χ1n) is 5.38. The molecule has 1 aromatic rings. The normalized spacial score (nSPS) is 10.5. The summed E-state index contributed by atoms with van der Waals surface area (Å²) in [5.74, 6) is 0.204. The van der Waals surface area contributed by atoms with Gasteiger partial charge in [0.2, 0.25) is 0 Å². The monoisotopic (exact) mass is 206 g/mol. The molecule has 15 heavy (non-hydrogen) atoms. The second-order valence-electron chi connectivity index (χ2n) is 5.00. The van der Waals surface area contributed by atoms with E-state index in [9.17, 15) is 4.79 Å². The lowest BCUT2D eigenvalue weighted by Gasteiger charge is -2.18. The maximum absolute atomic E-state index is 9.50. The Bertz CT molecular complexity index is 267. The molecule has 1 rings (SSSR count). The van der Waals surface area contributed by atoms with E-state index >= 15 is 0 Å².